The molecule has 156 valence electrons. The number of carbonyl (C=O) groups excluding carboxylic acids is 2. The fourth-order valence-electron chi connectivity index (χ4n) is 3.42. The second kappa shape index (κ2) is 9.57. The van der Waals surface area contributed by atoms with Gasteiger partial charge in [-0.2, -0.15) is 4.98 Å². The Labute approximate surface area is 177 Å². The molecule has 1 N–H and O–H groups in total. The maximum Gasteiger partial charge on any atom is 0.263 e. The van der Waals surface area contributed by atoms with Gasteiger partial charge in [-0.25, -0.2) is 4.98 Å². The van der Waals surface area contributed by atoms with Crippen LogP contribution in [0.4, 0.5) is 0 Å². The molecule has 4 rings (SSSR count). The second-order valence-corrected chi connectivity index (χ2v) is 7.99. The quantitative estimate of drug-likeness (QED) is 0.684. The highest BCUT2D eigenvalue weighted by atomic mass is 32.1. The summed E-state index contributed by atoms with van der Waals surface area (Å²) in [4.78, 5) is 40.1. The number of rotatable bonds is 3. The first-order valence-electron chi connectivity index (χ1n) is 9.90. The minimum Gasteiger partial charge on any atom is -0.356 e. The van der Waals surface area contributed by atoms with Gasteiger partial charge in [0.25, 0.3) is 5.91 Å². The summed E-state index contributed by atoms with van der Waals surface area (Å²) in [6, 6.07) is 3.67. The first kappa shape index (κ1) is 20.1. The average molecular weight is 427 g/mol. The van der Waals surface area contributed by atoms with Gasteiger partial charge in [0.15, 0.2) is 0 Å². The van der Waals surface area contributed by atoms with E-state index in [1.165, 1.54) is 11.3 Å². The van der Waals surface area contributed by atoms with Crippen molar-refractivity contribution in [3.05, 3.63) is 46.9 Å². The summed E-state index contributed by atoms with van der Waals surface area (Å²) >= 11 is 1.41. The minimum absolute atomic E-state index is 0.0139. The van der Waals surface area contributed by atoms with Crippen molar-refractivity contribution in [3.63, 3.8) is 0 Å². The molecule has 0 aliphatic carbocycles. The molecule has 3 aromatic rings. The molecular formula is C20H22N6O3S. The van der Waals surface area contributed by atoms with E-state index in [9.17, 15) is 9.59 Å². The SMILES string of the molecule is O=C1CCN(C(=O)c2cccs2)CCCC(c2nc(-c3cnccn3)no2)CCN1. The van der Waals surface area contributed by atoms with Crippen molar-refractivity contribution in [1.29, 1.82) is 0 Å². The van der Waals surface area contributed by atoms with Gasteiger partial charge in [0, 0.05) is 44.4 Å². The van der Waals surface area contributed by atoms with Crippen molar-refractivity contribution >= 4 is 23.2 Å². The Bertz CT molecular complexity index is 976. The normalized spacial score (nSPS) is 18.5. The van der Waals surface area contributed by atoms with E-state index in [-0.39, 0.29) is 17.7 Å². The van der Waals surface area contributed by atoms with E-state index in [2.05, 4.69) is 25.4 Å². The standard InChI is InChI=1S/C20H22N6O3S/c27-17-6-11-26(20(28)16-4-2-12-30-16)10-1-3-14(5-7-23-17)19-24-18(25-29-19)15-13-21-8-9-22-15/h2,4,8-9,12-14H,1,3,5-7,10-11H2,(H,23,27). The van der Waals surface area contributed by atoms with Gasteiger partial charge < -0.3 is 14.7 Å². The lowest BCUT2D eigenvalue weighted by atomic mass is 9.99. The molecule has 0 aromatic carbocycles. The Morgan fingerprint density at radius 3 is 3.00 bits per heavy atom. The van der Waals surface area contributed by atoms with Crippen molar-refractivity contribution in [1.82, 2.24) is 30.3 Å². The number of nitrogens with one attached hydrogen (secondary N) is 1. The summed E-state index contributed by atoms with van der Waals surface area (Å²) in [5.74, 6) is 0.799. The van der Waals surface area contributed by atoms with Crippen LogP contribution in [0.5, 0.6) is 0 Å². The highest BCUT2D eigenvalue weighted by Crippen LogP contribution is 2.26. The van der Waals surface area contributed by atoms with Crippen LogP contribution < -0.4 is 5.32 Å². The summed E-state index contributed by atoms with van der Waals surface area (Å²) in [5.41, 5.74) is 0.546. The molecule has 30 heavy (non-hydrogen) atoms. The summed E-state index contributed by atoms with van der Waals surface area (Å²) in [6.45, 7) is 1.50. The van der Waals surface area contributed by atoms with Crippen LogP contribution in [0.15, 0.2) is 40.6 Å². The van der Waals surface area contributed by atoms with Crippen LogP contribution in [0.25, 0.3) is 11.5 Å². The van der Waals surface area contributed by atoms with Gasteiger partial charge in [-0.1, -0.05) is 11.2 Å². The Morgan fingerprint density at radius 2 is 2.20 bits per heavy atom. The van der Waals surface area contributed by atoms with Crippen LogP contribution in [0.2, 0.25) is 0 Å². The molecule has 2 amide bonds. The smallest absolute Gasteiger partial charge is 0.263 e. The first-order valence-corrected chi connectivity index (χ1v) is 10.8. The molecule has 0 saturated carbocycles. The number of nitrogens with zero attached hydrogens (tertiary/aromatic N) is 5. The Balaban J connectivity index is 1.47. The molecule has 1 fully saturated rings. The van der Waals surface area contributed by atoms with Crippen LogP contribution >= 0.6 is 11.3 Å². The first-order chi connectivity index (χ1) is 14.7. The number of hydrogen-bond donors (Lipinski definition) is 1. The third-order valence-electron chi connectivity index (χ3n) is 5.01. The van der Waals surface area contributed by atoms with Gasteiger partial charge in [0.2, 0.25) is 17.6 Å². The van der Waals surface area contributed by atoms with E-state index in [1.54, 1.807) is 23.5 Å². The van der Waals surface area contributed by atoms with Crippen LogP contribution in [-0.4, -0.2) is 56.5 Å². The number of hydrogen-bond acceptors (Lipinski definition) is 8. The Kier molecular flexibility index (Phi) is 6.43. The number of carbonyl (C=O) groups is 2. The molecule has 3 aromatic heterocycles. The Morgan fingerprint density at radius 1 is 1.27 bits per heavy atom. The molecule has 4 heterocycles. The molecule has 1 unspecified atom stereocenters. The van der Waals surface area contributed by atoms with Gasteiger partial charge in [-0.05, 0) is 30.7 Å². The second-order valence-electron chi connectivity index (χ2n) is 7.04. The zero-order valence-corrected chi connectivity index (χ0v) is 17.2. The summed E-state index contributed by atoms with van der Waals surface area (Å²) < 4.78 is 5.50. The van der Waals surface area contributed by atoms with Crippen molar-refractivity contribution in [2.75, 3.05) is 19.6 Å². The van der Waals surface area contributed by atoms with Gasteiger partial charge in [-0.3, -0.25) is 14.6 Å². The molecule has 10 heteroatoms. The predicted molar refractivity (Wildman–Crippen MR) is 110 cm³/mol. The fraction of sp³-hybridized carbons (Fsp3) is 0.400. The minimum atomic E-state index is -0.0644. The Hall–Kier alpha value is -3.14. The molecule has 1 aliphatic heterocycles. The maximum absolute atomic E-state index is 12.8. The van der Waals surface area contributed by atoms with Crippen LogP contribution in [0, 0.1) is 0 Å². The van der Waals surface area contributed by atoms with Crippen LogP contribution in [0.1, 0.15) is 47.2 Å². The molecule has 0 spiro atoms. The van der Waals surface area contributed by atoms with E-state index in [1.807, 2.05) is 17.5 Å². The lowest BCUT2D eigenvalue weighted by Crippen LogP contribution is -2.35. The average Bonchev–Trinajstić information content (AvgIpc) is 3.46. The monoisotopic (exact) mass is 426 g/mol. The molecule has 1 aliphatic rings. The fourth-order valence-corrected chi connectivity index (χ4v) is 4.11. The van der Waals surface area contributed by atoms with E-state index in [4.69, 9.17) is 4.52 Å². The lowest BCUT2D eigenvalue weighted by molar-refractivity contribution is -0.121. The van der Waals surface area contributed by atoms with Gasteiger partial charge in [0.05, 0.1) is 11.1 Å². The molecule has 9 nitrogen and oxygen atoms in total. The summed E-state index contributed by atoms with van der Waals surface area (Å²) in [5, 5.41) is 8.84. The third kappa shape index (κ3) is 4.88. The lowest BCUT2D eigenvalue weighted by Gasteiger charge is -2.22. The van der Waals surface area contributed by atoms with Crippen LogP contribution in [0.3, 0.4) is 0 Å². The van der Waals surface area contributed by atoms with E-state index in [0.717, 1.165) is 12.8 Å². The number of thiophene rings is 1. The summed E-state index contributed by atoms with van der Waals surface area (Å²) in [6.07, 6.45) is 7.27. The topological polar surface area (TPSA) is 114 Å². The summed E-state index contributed by atoms with van der Waals surface area (Å²) in [7, 11) is 0. The van der Waals surface area contributed by atoms with Crippen LogP contribution in [-0.2, 0) is 4.79 Å². The van der Waals surface area contributed by atoms with Gasteiger partial charge >= 0.3 is 0 Å². The van der Waals surface area contributed by atoms with Crippen molar-refractivity contribution in [2.45, 2.75) is 31.6 Å². The number of aromatic nitrogens is 4. The van der Waals surface area contributed by atoms with Gasteiger partial charge in [0.1, 0.15) is 5.69 Å². The molecule has 1 atom stereocenters. The van der Waals surface area contributed by atoms with E-state index in [0.29, 0.717) is 54.8 Å². The third-order valence-corrected chi connectivity index (χ3v) is 5.86. The van der Waals surface area contributed by atoms with Gasteiger partial charge in [-0.15, -0.1) is 11.3 Å². The van der Waals surface area contributed by atoms with Crippen molar-refractivity contribution in [2.24, 2.45) is 0 Å². The molecule has 0 bridgehead atoms. The highest BCUT2D eigenvalue weighted by molar-refractivity contribution is 7.12. The highest BCUT2D eigenvalue weighted by Gasteiger charge is 2.23. The zero-order valence-electron chi connectivity index (χ0n) is 16.4. The largest absolute Gasteiger partial charge is 0.356 e. The molecular weight excluding hydrogens is 404 g/mol. The molecule has 0 radical (unpaired) electrons. The van der Waals surface area contributed by atoms with E-state index < -0.39 is 0 Å². The zero-order chi connectivity index (χ0) is 20.8. The predicted octanol–water partition coefficient (Wildman–Crippen LogP) is 2.50. The molecule has 1 saturated heterocycles. The van der Waals surface area contributed by atoms with Crippen molar-refractivity contribution in [3.8, 4) is 11.5 Å². The maximum atomic E-state index is 12.8. The van der Waals surface area contributed by atoms with Crippen molar-refractivity contribution < 1.29 is 14.1 Å². The van der Waals surface area contributed by atoms with E-state index >= 15 is 0 Å². The number of amides is 2.